The summed E-state index contributed by atoms with van der Waals surface area (Å²) in [5.41, 5.74) is 2.53. The van der Waals surface area contributed by atoms with Crippen LogP contribution in [0.1, 0.15) is 30.0 Å². The van der Waals surface area contributed by atoms with Crippen LogP contribution in [0.25, 0.3) is 5.65 Å². The molecule has 108 valence electrons. The predicted molar refractivity (Wildman–Crippen MR) is 76.0 cm³/mol. The van der Waals surface area contributed by atoms with E-state index in [1.807, 2.05) is 19.1 Å². The first-order valence-corrected chi connectivity index (χ1v) is 6.60. The topological polar surface area (TPSA) is 85.3 Å². The fraction of sp³-hybridized carbons (Fsp3) is 0.286. The molecule has 0 bridgehead atoms. The van der Waals surface area contributed by atoms with Gasteiger partial charge in [-0.2, -0.15) is 0 Å². The van der Waals surface area contributed by atoms with E-state index < -0.39 is 6.10 Å². The summed E-state index contributed by atoms with van der Waals surface area (Å²) in [4.78, 5) is 16.6. The highest BCUT2D eigenvalue weighted by Gasteiger charge is 2.09. The van der Waals surface area contributed by atoms with E-state index in [0.717, 1.165) is 5.56 Å². The number of aromatic nitrogens is 5. The lowest BCUT2D eigenvalue weighted by atomic mass is 10.3. The van der Waals surface area contributed by atoms with Crippen LogP contribution in [-0.2, 0) is 6.54 Å². The third-order valence-electron chi connectivity index (χ3n) is 3.25. The van der Waals surface area contributed by atoms with Gasteiger partial charge in [0, 0.05) is 12.3 Å². The molecule has 0 aliphatic heterocycles. The molecule has 7 nitrogen and oxygen atoms in total. The normalized spacial score (nSPS) is 12.7. The van der Waals surface area contributed by atoms with E-state index in [1.165, 1.54) is 10.5 Å². The lowest BCUT2D eigenvalue weighted by Gasteiger charge is -2.06. The van der Waals surface area contributed by atoms with Crippen molar-refractivity contribution in [2.45, 2.75) is 26.5 Å². The van der Waals surface area contributed by atoms with Crippen LogP contribution in [0.2, 0.25) is 0 Å². The number of aliphatic hydroxyl groups excluding tert-OH is 1. The van der Waals surface area contributed by atoms with Crippen molar-refractivity contribution < 1.29 is 5.11 Å². The molecule has 0 saturated carbocycles. The first-order valence-electron chi connectivity index (χ1n) is 6.60. The standard InChI is InChI=1S/C14H15N5O2/c1-9-4-3-5-19-13(21)6-11(15-14(9)19)7-18-8-12(10(2)20)16-17-18/h3-6,8,10,20H,7H2,1-2H3. The fourth-order valence-electron chi connectivity index (χ4n) is 2.14. The Labute approximate surface area is 120 Å². The van der Waals surface area contributed by atoms with Gasteiger partial charge in [-0.15, -0.1) is 5.10 Å². The van der Waals surface area contributed by atoms with Crippen LogP contribution < -0.4 is 5.56 Å². The molecule has 0 radical (unpaired) electrons. The summed E-state index contributed by atoms with van der Waals surface area (Å²) in [6.07, 6.45) is 2.67. The van der Waals surface area contributed by atoms with Crippen molar-refractivity contribution in [1.29, 1.82) is 0 Å². The molecule has 1 N–H and O–H groups in total. The number of rotatable bonds is 3. The molecular weight excluding hydrogens is 270 g/mol. The highest BCUT2D eigenvalue weighted by Crippen LogP contribution is 2.09. The fourth-order valence-corrected chi connectivity index (χ4v) is 2.14. The van der Waals surface area contributed by atoms with E-state index >= 15 is 0 Å². The van der Waals surface area contributed by atoms with Crippen molar-refractivity contribution in [2.75, 3.05) is 0 Å². The minimum Gasteiger partial charge on any atom is -0.387 e. The molecule has 3 aromatic heterocycles. The van der Waals surface area contributed by atoms with Gasteiger partial charge in [0.25, 0.3) is 5.56 Å². The second-order valence-electron chi connectivity index (χ2n) is 4.99. The molecule has 0 fully saturated rings. The van der Waals surface area contributed by atoms with Crippen molar-refractivity contribution in [3.63, 3.8) is 0 Å². The molecule has 0 aliphatic rings. The summed E-state index contributed by atoms with van der Waals surface area (Å²) in [5.74, 6) is 0. The Morgan fingerprint density at radius 3 is 2.95 bits per heavy atom. The molecule has 0 spiro atoms. The third kappa shape index (κ3) is 2.55. The van der Waals surface area contributed by atoms with Crippen molar-refractivity contribution >= 4 is 5.65 Å². The Bertz CT molecular complexity index is 850. The third-order valence-corrected chi connectivity index (χ3v) is 3.25. The van der Waals surface area contributed by atoms with Crippen LogP contribution in [0.5, 0.6) is 0 Å². The van der Waals surface area contributed by atoms with E-state index in [4.69, 9.17) is 0 Å². The van der Waals surface area contributed by atoms with Gasteiger partial charge in [0.15, 0.2) is 0 Å². The zero-order valence-corrected chi connectivity index (χ0v) is 11.8. The van der Waals surface area contributed by atoms with Crippen LogP contribution in [0.15, 0.2) is 35.4 Å². The quantitative estimate of drug-likeness (QED) is 0.765. The van der Waals surface area contributed by atoms with Gasteiger partial charge in [0.1, 0.15) is 11.3 Å². The second kappa shape index (κ2) is 5.10. The van der Waals surface area contributed by atoms with Crippen LogP contribution >= 0.6 is 0 Å². The van der Waals surface area contributed by atoms with Gasteiger partial charge in [-0.05, 0) is 25.5 Å². The minimum atomic E-state index is -0.670. The molecule has 3 rings (SSSR count). The predicted octanol–water partition coefficient (Wildman–Crippen LogP) is 0.696. The number of aryl methyl sites for hydroxylation is 1. The average Bonchev–Trinajstić information content (AvgIpc) is 2.89. The molecule has 0 aromatic carbocycles. The summed E-state index contributed by atoms with van der Waals surface area (Å²) < 4.78 is 3.07. The zero-order chi connectivity index (χ0) is 15.0. The molecule has 3 aromatic rings. The van der Waals surface area contributed by atoms with Crippen molar-refractivity contribution in [1.82, 2.24) is 24.4 Å². The van der Waals surface area contributed by atoms with Gasteiger partial charge in [0.05, 0.1) is 24.5 Å². The number of hydrogen-bond donors (Lipinski definition) is 1. The number of hydrogen-bond acceptors (Lipinski definition) is 5. The maximum absolute atomic E-state index is 12.1. The van der Waals surface area contributed by atoms with Crippen LogP contribution in [0.3, 0.4) is 0 Å². The largest absolute Gasteiger partial charge is 0.387 e. The molecule has 3 heterocycles. The molecule has 0 aliphatic carbocycles. The summed E-state index contributed by atoms with van der Waals surface area (Å²) in [5, 5.41) is 17.2. The van der Waals surface area contributed by atoms with E-state index in [0.29, 0.717) is 23.6 Å². The number of fused-ring (bicyclic) bond motifs is 1. The Balaban J connectivity index is 2.00. The van der Waals surface area contributed by atoms with E-state index in [9.17, 15) is 9.90 Å². The molecule has 0 amide bonds. The Morgan fingerprint density at radius 2 is 2.24 bits per heavy atom. The molecule has 1 atom stereocenters. The number of aliphatic hydroxyl groups is 1. The first kappa shape index (κ1) is 13.4. The van der Waals surface area contributed by atoms with Gasteiger partial charge < -0.3 is 5.11 Å². The van der Waals surface area contributed by atoms with Gasteiger partial charge in [0.2, 0.25) is 0 Å². The maximum Gasteiger partial charge on any atom is 0.258 e. The van der Waals surface area contributed by atoms with Crippen molar-refractivity contribution in [2.24, 2.45) is 0 Å². The van der Waals surface area contributed by atoms with Gasteiger partial charge in [-0.1, -0.05) is 11.3 Å². The number of nitrogens with zero attached hydrogens (tertiary/aromatic N) is 5. The highest BCUT2D eigenvalue weighted by molar-refractivity contribution is 5.46. The second-order valence-corrected chi connectivity index (χ2v) is 4.99. The Hall–Kier alpha value is -2.54. The van der Waals surface area contributed by atoms with Gasteiger partial charge in [-0.25, -0.2) is 9.67 Å². The Kier molecular flexibility index (Phi) is 3.26. The smallest absolute Gasteiger partial charge is 0.258 e. The SMILES string of the molecule is Cc1cccn2c(=O)cc(Cn3cc(C(C)O)nn3)nc12. The van der Waals surface area contributed by atoms with Crippen LogP contribution in [-0.4, -0.2) is 29.5 Å². The highest BCUT2D eigenvalue weighted by atomic mass is 16.3. The van der Waals surface area contributed by atoms with Crippen LogP contribution in [0, 0.1) is 6.92 Å². The van der Waals surface area contributed by atoms with Gasteiger partial charge in [-0.3, -0.25) is 9.20 Å². The minimum absolute atomic E-state index is 0.130. The lowest BCUT2D eigenvalue weighted by molar-refractivity contribution is 0.194. The summed E-state index contributed by atoms with van der Waals surface area (Å²) in [6.45, 7) is 3.87. The maximum atomic E-state index is 12.1. The Morgan fingerprint density at radius 1 is 1.43 bits per heavy atom. The average molecular weight is 285 g/mol. The molecule has 1 unspecified atom stereocenters. The van der Waals surface area contributed by atoms with Crippen LogP contribution in [0.4, 0.5) is 0 Å². The van der Waals surface area contributed by atoms with Gasteiger partial charge >= 0.3 is 0 Å². The monoisotopic (exact) mass is 285 g/mol. The van der Waals surface area contributed by atoms with E-state index in [1.54, 1.807) is 24.0 Å². The summed E-state index contributed by atoms with van der Waals surface area (Å²) in [7, 11) is 0. The molecule has 7 heteroatoms. The first-order chi connectivity index (χ1) is 10.0. The molecule has 21 heavy (non-hydrogen) atoms. The molecular formula is C14H15N5O2. The van der Waals surface area contributed by atoms with E-state index in [2.05, 4.69) is 15.3 Å². The van der Waals surface area contributed by atoms with Crippen molar-refractivity contribution in [3.8, 4) is 0 Å². The zero-order valence-electron chi connectivity index (χ0n) is 11.8. The summed E-state index contributed by atoms with van der Waals surface area (Å²) in [6, 6.07) is 5.21. The summed E-state index contributed by atoms with van der Waals surface area (Å²) >= 11 is 0. The number of pyridine rings is 1. The van der Waals surface area contributed by atoms with Crippen molar-refractivity contribution in [3.05, 3.63) is 57.9 Å². The van der Waals surface area contributed by atoms with E-state index in [-0.39, 0.29) is 5.56 Å². The lowest BCUT2D eigenvalue weighted by Crippen LogP contribution is -2.17. The molecule has 0 saturated heterocycles.